The molecular formula is C10H15N5O. The van der Waals surface area contributed by atoms with E-state index >= 15 is 0 Å². The van der Waals surface area contributed by atoms with Crippen molar-refractivity contribution < 1.29 is 0 Å². The molecule has 0 radical (unpaired) electrons. The van der Waals surface area contributed by atoms with Crippen molar-refractivity contribution in [2.75, 3.05) is 5.43 Å². The fourth-order valence-corrected chi connectivity index (χ4v) is 0.919. The van der Waals surface area contributed by atoms with Crippen LogP contribution < -0.4 is 16.4 Å². The van der Waals surface area contributed by atoms with Gasteiger partial charge >= 0.3 is 0 Å². The van der Waals surface area contributed by atoms with Gasteiger partial charge in [0, 0.05) is 5.70 Å². The molecule has 3 N–H and O–H groups in total. The van der Waals surface area contributed by atoms with Gasteiger partial charge in [-0.25, -0.2) is 0 Å². The summed E-state index contributed by atoms with van der Waals surface area (Å²) >= 11 is 0. The molecule has 1 heterocycles. The average Bonchev–Trinajstić information content (AvgIpc) is 2.28. The summed E-state index contributed by atoms with van der Waals surface area (Å²) in [6.07, 6.45) is 4.51. The van der Waals surface area contributed by atoms with E-state index in [-0.39, 0.29) is 11.5 Å². The Labute approximate surface area is 93.5 Å². The molecule has 0 aliphatic rings. The van der Waals surface area contributed by atoms with Gasteiger partial charge in [0.15, 0.2) is 0 Å². The lowest BCUT2D eigenvalue weighted by Gasteiger charge is -2.07. The van der Waals surface area contributed by atoms with Crippen LogP contribution in [0.2, 0.25) is 0 Å². The number of nitrogens with zero attached hydrogens (tertiary/aromatic N) is 2. The number of allylic oxidation sites excluding steroid dienone is 3. The molecule has 1 aromatic heterocycles. The second-order valence-electron chi connectivity index (χ2n) is 3.25. The first kappa shape index (κ1) is 12.0. The molecule has 0 aliphatic carbocycles. The molecule has 6 nitrogen and oxygen atoms in total. The molecule has 86 valence electrons. The zero-order valence-electron chi connectivity index (χ0n) is 9.37. The van der Waals surface area contributed by atoms with Crippen LogP contribution in [0.4, 0.5) is 5.95 Å². The lowest BCUT2D eigenvalue weighted by Crippen LogP contribution is -2.25. The molecule has 6 heteroatoms. The van der Waals surface area contributed by atoms with Gasteiger partial charge in [-0.2, -0.15) is 0 Å². The van der Waals surface area contributed by atoms with Crippen LogP contribution in [0.15, 0.2) is 29.2 Å². The highest BCUT2D eigenvalue weighted by Crippen LogP contribution is 1.93. The van der Waals surface area contributed by atoms with Crippen molar-refractivity contribution >= 4 is 5.95 Å². The Morgan fingerprint density at radius 2 is 2.31 bits per heavy atom. The number of H-pyrrole nitrogens is 1. The minimum Gasteiger partial charge on any atom is -0.303 e. The van der Waals surface area contributed by atoms with Gasteiger partial charge in [-0.15, -0.1) is 16.8 Å². The molecule has 0 aromatic carbocycles. The third-order valence-electron chi connectivity index (χ3n) is 1.83. The molecule has 16 heavy (non-hydrogen) atoms. The minimum absolute atomic E-state index is 0.257. The molecule has 1 rings (SSSR count). The number of aromatic amines is 1. The summed E-state index contributed by atoms with van der Waals surface area (Å²) in [5.74, 6) is 0.280. The van der Waals surface area contributed by atoms with Crippen molar-refractivity contribution in [3.8, 4) is 0 Å². The van der Waals surface area contributed by atoms with Crippen LogP contribution in [-0.2, 0) is 0 Å². The van der Waals surface area contributed by atoms with E-state index in [0.29, 0.717) is 5.69 Å². The summed E-state index contributed by atoms with van der Waals surface area (Å²) in [5, 5.41) is 7.45. The number of aromatic nitrogens is 3. The second-order valence-corrected chi connectivity index (χ2v) is 3.25. The molecule has 0 spiro atoms. The lowest BCUT2D eigenvalue weighted by molar-refractivity contribution is 0.849. The average molecular weight is 221 g/mol. The Balaban J connectivity index is 2.58. The number of hydrogen-bond donors (Lipinski definition) is 3. The van der Waals surface area contributed by atoms with Crippen molar-refractivity contribution in [1.29, 1.82) is 0 Å². The molecule has 0 saturated carbocycles. The zero-order chi connectivity index (χ0) is 12.0. The molecular weight excluding hydrogens is 206 g/mol. The summed E-state index contributed by atoms with van der Waals surface area (Å²) in [7, 11) is 0. The maximum absolute atomic E-state index is 11.2. The van der Waals surface area contributed by atoms with Gasteiger partial charge in [0.2, 0.25) is 5.95 Å². The topological polar surface area (TPSA) is 82.7 Å². The SMILES string of the molecule is C=CC/C=C(/C)NNc1nnc(C)c(=O)[nH]1. The van der Waals surface area contributed by atoms with Crippen LogP contribution in [-0.4, -0.2) is 15.2 Å². The molecule has 0 amide bonds. The summed E-state index contributed by atoms with van der Waals surface area (Å²) in [6.45, 7) is 7.09. The fraction of sp³-hybridized carbons (Fsp3) is 0.300. The number of hydrogen-bond acceptors (Lipinski definition) is 5. The first-order chi connectivity index (χ1) is 7.63. The van der Waals surface area contributed by atoms with Gasteiger partial charge in [0.25, 0.3) is 5.56 Å². The Morgan fingerprint density at radius 1 is 1.56 bits per heavy atom. The number of hydrazine groups is 1. The number of anilines is 1. The quantitative estimate of drug-likeness (QED) is 0.507. The number of rotatable bonds is 5. The third-order valence-corrected chi connectivity index (χ3v) is 1.83. The first-order valence-corrected chi connectivity index (χ1v) is 4.86. The maximum Gasteiger partial charge on any atom is 0.274 e. The van der Waals surface area contributed by atoms with Crippen LogP contribution in [0.5, 0.6) is 0 Å². The molecule has 1 aromatic rings. The van der Waals surface area contributed by atoms with E-state index in [1.807, 2.05) is 13.0 Å². The van der Waals surface area contributed by atoms with Gasteiger partial charge < -0.3 is 5.43 Å². The lowest BCUT2D eigenvalue weighted by atomic mass is 10.3. The van der Waals surface area contributed by atoms with E-state index in [4.69, 9.17) is 0 Å². The van der Waals surface area contributed by atoms with E-state index < -0.39 is 0 Å². The minimum atomic E-state index is -0.257. The highest BCUT2D eigenvalue weighted by atomic mass is 16.1. The van der Waals surface area contributed by atoms with Gasteiger partial charge in [-0.05, 0) is 20.3 Å². The van der Waals surface area contributed by atoms with Gasteiger partial charge in [-0.1, -0.05) is 12.2 Å². The molecule has 0 aliphatic heterocycles. The van der Waals surface area contributed by atoms with Crippen molar-refractivity contribution in [1.82, 2.24) is 20.6 Å². The largest absolute Gasteiger partial charge is 0.303 e. The van der Waals surface area contributed by atoms with E-state index in [2.05, 4.69) is 32.6 Å². The molecule has 0 bridgehead atoms. The van der Waals surface area contributed by atoms with E-state index in [1.54, 1.807) is 13.0 Å². The zero-order valence-corrected chi connectivity index (χ0v) is 9.37. The normalized spacial score (nSPS) is 11.0. The summed E-state index contributed by atoms with van der Waals surface area (Å²) in [6, 6.07) is 0. The monoisotopic (exact) mass is 221 g/mol. The molecule has 0 fully saturated rings. The highest BCUT2D eigenvalue weighted by molar-refractivity contribution is 5.21. The third kappa shape index (κ3) is 3.56. The van der Waals surface area contributed by atoms with E-state index in [1.165, 1.54) is 0 Å². The van der Waals surface area contributed by atoms with Gasteiger partial charge in [-0.3, -0.25) is 15.2 Å². The summed E-state index contributed by atoms with van der Waals surface area (Å²) in [5.41, 5.74) is 6.60. The Hall–Kier alpha value is -2.11. The molecule has 0 saturated heterocycles. The Kier molecular flexibility index (Phi) is 4.26. The highest BCUT2D eigenvalue weighted by Gasteiger charge is 1.98. The van der Waals surface area contributed by atoms with Crippen LogP contribution in [0, 0.1) is 6.92 Å². The standard InChI is InChI=1S/C10H15N5O/c1-4-5-6-7(2)12-14-10-11-9(16)8(3)13-15-10/h4,6,12H,1,5H2,2-3H3,(H2,11,14,15,16)/b7-6-. The van der Waals surface area contributed by atoms with E-state index in [0.717, 1.165) is 12.1 Å². The molecule has 0 atom stereocenters. The van der Waals surface area contributed by atoms with Crippen molar-refractivity contribution in [3.05, 3.63) is 40.5 Å². The predicted molar refractivity (Wildman–Crippen MR) is 62.7 cm³/mol. The van der Waals surface area contributed by atoms with Crippen LogP contribution in [0.1, 0.15) is 19.0 Å². The fourth-order valence-electron chi connectivity index (χ4n) is 0.919. The second kappa shape index (κ2) is 5.69. The van der Waals surface area contributed by atoms with Gasteiger partial charge in [0.1, 0.15) is 5.69 Å². The predicted octanol–water partition coefficient (Wildman–Crippen LogP) is 0.870. The number of nitrogens with one attached hydrogen (secondary N) is 3. The van der Waals surface area contributed by atoms with Crippen LogP contribution in [0.25, 0.3) is 0 Å². The summed E-state index contributed by atoms with van der Waals surface area (Å²) < 4.78 is 0. The van der Waals surface area contributed by atoms with E-state index in [9.17, 15) is 4.79 Å². The van der Waals surface area contributed by atoms with Gasteiger partial charge in [0.05, 0.1) is 0 Å². The van der Waals surface area contributed by atoms with Crippen molar-refractivity contribution in [2.24, 2.45) is 0 Å². The maximum atomic E-state index is 11.2. The first-order valence-electron chi connectivity index (χ1n) is 4.86. The van der Waals surface area contributed by atoms with Crippen molar-refractivity contribution in [3.63, 3.8) is 0 Å². The smallest absolute Gasteiger partial charge is 0.274 e. The molecule has 0 unspecified atom stereocenters. The number of aryl methyl sites for hydroxylation is 1. The van der Waals surface area contributed by atoms with Crippen LogP contribution >= 0.6 is 0 Å². The Morgan fingerprint density at radius 3 is 2.94 bits per heavy atom. The summed E-state index contributed by atoms with van der Waals surface area (Å²) in [4.78, 5) is 13.7. The Bertz CT molecular complexity index is 449. The van der Waals surface area contributed by atoms with Crippen molar-refractivity contribution in [2.45, 2.75) is 20.3 Å². The van der Waals surface area contributed by atoms with Crippen LogP contribution in [0.3, 0.4) is 0 Å².